The first kappa shape index (κ1) is 14.8. The van der Waals surface area contributed by atoms with Crippen molar-refractivity contribution >= 4 is 16.6 Å². The van der Waals surface area contributed by atoms with Crippen molar-refractivity contribution in [3.05, 3.63) is 36.0 Å². The molecule has 1 aromatic heterocycles. The molecule has 2 aromatic rings. The molecule has 0 unspecified atom stereocenters. The predicted molar refractivity (Wildman–Crippen MR) is 84.0 cm³/mol. The van der Waals surface area contributed by atoms with E-state index in [2.05, 4.69) is 35.9 Å². The molecule has 2 rings (SSSR count). The summed E-state index contributed by atoms with van der Waals surface area (Å²) in [4.78, 5) is 6.93. The van der Waals surface area contributed by atoms with Gasteiger partial charge in [0.05, 0.1) is 17.8 Å². The van der Waals surface area contributed by atoms with Crippen LogP contribution in [0.4, 0.5) is 5.69 Å². The van der Waals surface area contributed by atoms with Gasteiger partial charge in [-0.15, -0.1) is 0 Å². The van der Waals surface area contributed by atoms with Crippen molar-refractivity contribution in [1.82, 2.24) is 4.98 Å². The monoisotopic (exact) mass is 273 g/mol. The number of methoxy groups -OCH3 is 1. The van der Waals surface area contributed by atoms with Gasteiger partial charge >= 0.3 is 0 Å². The summed E-state index contributed by atoms with van der Waals surface area (Å²) in [5.41, 5.74) is 8.88. The first-order valence-electron chi connectivity index (χ1n) is 7.01. The van der Waals surface area contributed by atoms with E-state index in [0.717, 1.165) is 23.1 Å². The number of aromatic nitrogens is 1. The highest BCUT2D eigenvalue weighted by Gasteiger charge is 2.15. The van der Waals surface area contributed by atoms with Gasteiger partial charge in [-0.1, -0.05) is 18.2 Å². The Morgan fingerprint density at radius 3 is 2.70 bits per heavy atom. The highest BCUT2D eigenvalue weighted by molar-refractivity contribution is 5.92. The number of benzene rings is 1. The molecule has 4 heteroatoms. The largest absolute Gasteiger partial charge is 0.383 e. The molecule has 0 saturated carbocycles. The Labute approximate surface area is 120 Å². The van der Waals surface area contributed by atoms with Crippen molar-refractivity contribution in [1.29, 1.82) is 0 Å². The van der Waals surface area contributed by atoms with Crippen molar-refractivity contribution in [2.45, 2.75) is 26.4 Å². The molecule has 4 nitrogen and oxygen atoms in total. The minimum Gasteiger partial charge on any atom is -0.383 e. The molecule has 0 amide bonds. The van der Waals surface area contributed by atoms with Crippen LogP contribution in [0.25, 0.3) is 10.9 Å². The van der Waals surface area contributed by atoms with E-state index >= 15 is 0 Å². The van der Waals surface area contributed by atoms with Gasteiger partial charge in [0, 0.05) is 37.3 Å². The summed E-state index contributed by atoms with van der Waals surface area (Å²) in [5.74, 6) is 0. The van der Waals surface area contributed by atoms with Crippen molar-refractivity contribution in [2.24, 2.45) is 5.73 Å². The number of para-hydroxylation sites is 1. The fourth-order valence-corrected chi connectivity index (χ4v) is 2.40. The second-order valence-corrected chi connectivity index (χ2v) is 5.13. The number of nitrogens with two attached hydrogens (primary N) is 1. The Balaban J connectivity index is 2.53. The Bertz CT molecular complexity index is 569. The lowest BCUT2D eigenvalue weighted by molar-refractivity contribution is 0.204. The van der Waals surface area contributed by atoms with Gasteiger partial charge in [-0.25, -0.2) is 0 Å². The average Bonchev–Trinajstić information content (AvgIpc) is 2.46. The summed E-state index contributed by atoms with van der Waals surface area (Å²) in [6.45, 7) is 6.38. The number of hydrogen-bond acceptors (Lipinski definition) is 4. The number of anilines is 1. The van der Waals surface area contributed by atoms with Gasteiger partial charge in [0.25, 0.3) is 0 Å². The van der Waals surface area contributed by atoms with Crippen LogP contribution < -0.4 is 10.6 Å². The normalized spacial score (nSPS) is 11.2. The molecule has 0 saturated heterocycles. The lowest BCUT2D eigenvalue weighted by Crippen LogP contribution is -2.34. The van der Waals surface area contributed by atoms with Crippen molar-refractivity contribution in [3.63, 3.8) is 0 Å². The maximum absolute atomic E-state index is 5.78. The Morgan fingerprint density at radius 1 is 1.30 bits per heavy atom. The van der Waals surface area contributed by atoms with Gasteiger partial charge in [0.1, 0.15) is 0 Å². The lowest BCUT2D eigenvalue weighted by Gasteiger charge is -2.30. The van der Waals surface area contributed by atoms with E-state index < -0.39 is 0 Å². The minimum absolute atomic E-state index is 0.390. The molecule has 0 aliphatic rings. The van der Waals surface area contributed by atoms with Gasteiger partial charge < -0.3 is 15.4 Å². The number of nitrogens with zero attached hydrogens (tertiary/aromatic N) is 2. The average molecular weight is 273 g/mol. The van der Waals surface area contributed by atoms with Crippen LogP contribution in [0.2, 0.25) is 0 Å². The van der Waals surface area contributed by atoms with E-state index in [-0.39, 0.29) is 0 Å². The van der Waals surface area contributed by atoms with Gasteiger partial charge in [0.15, 0.2) is 0 Å². The molecular weight excluding hydrogens is 250 g/mol. The Morgan fingerprint density at radius 2 is 2.05 bits per heavy atom. The van der Waals surface area contributed by atoms with Crippen LogP contribution in [0.5, 0.6) is 0 Å². The summed E-state index contributed by atoms with van der Waals surface area (Å²) < 4.78 is 5.23. The maximum atomic E-state index is 5.78. The number of hydrogen-bond donors (Lipinski definition) is 1. The minimum atomic E-state index is 0.390. The predicted octanol–water partition coefficient (Wildman–Crippen LogP) is 2.55. The second-order valence-electron chi connectivity index (χ2n) is 5.13. The number of ether oxygens (including phenoxy) is 1. The molecule has 1 aromatic carbocycles. The summed E-state index contributed by atoms with van der Waals surface area (Å²) >= 11 is 0. The van der Waals surface area contributed by atoms with Crippen LogP contribution in [0.3, 0.4) is 0 Å². The standard InChI is InChI=1S/C16H23N3O/c1-12(2)19(8-9-20-3)16-10-13(11-17)18-15-7-5-4-6-14(15)16/h4-7,10,12H,8-9,11,17H2,1-3H3. The van der Waals surface area contributed by atoms with Gasteiger partial charge in [-0.05, 0) is 26.0 Å². The molecule has 0 bridgehead atoms. The number of fused-ring (bicyclic) bond motifs is 1. The summed E-state index contributed by atoms with van der Waals surface area (Å²) in [5, 5.41) is 1.16. The van der Waals surface area contributed by atoms with Gasteiger partial charge in [0.2, 0.25) is 0 Å². The van der Waals surface area contributed by atoms with Crippen molar-refractivity contribution < 1.29 is 4.74 Å². The van der Waals surface area contributed by atoms with Gasteiger partial charge in [-0.2, -0.15) is 0 Å². The third kappa shape index (κ3) is 3.08. The summed E-state index contributed by atoms with van der Waals surface area (Å²) in [6, 6.07) is 10.7. The summed E-state index contributed by atoms with van der Waals surface area (Å²) in [6.07, 6.45) is 0. The molecule has 0 radical (unpaired) electrons. The third-order valence-corrected chi connectivity index (χ3v) is 3.43. The van der Waals surface area contributed by atoms with E-state index in [4.69, 9.17) is 10.5 Å². The van der Waals surface area contributed by atoms with E-state index in [0.29, 0.717) is 19.2 Å². The van der Waals surface area contributed by atoms with E-state index in [1.807, 2.05) is 18.2 Å². The molecule has 0 atom stereocenters. The summed E-state index contributed by atoms with van der Waals surface area (Å²) in [7, 11) is 1.73. The third-order valence-electron chi connectivity index (χ3n) is 3.43. The maximum Gasteiger partial charge on any atom is 0.0726 e. The molecule has 108 valence electrons. The molecule has 0 aliphatic carbocycles. The van der Waals surface area contributed by atoms with E-state index in [1.165, 1.54) is 5.69 Å². The molecule has 0 spiro atoms. The molecular formula is C16H23N3O. The second kappa shape index (κ2) is 6.68. The van der Waals surface area contributed by atoms with Crippen molar-refractivity contribution in [3.8, 4) is 0 Å². The fraction of sp³-hybridized carbons (Fsp3) is 0.438. The van der Waals surface area contributed by atoms with Crippen LogP contribution in [-0.4, -0.2) is 31.3 Å². The van der Waals surface area contributed by atoms with Crippen LogP contribution in [-0.2, 0) is 11.3 Å². The lowest BCUT2D eigenvalue weighted by atomic mass is 10.1. The molecule has 2 N–H and O–H groups in total. The van der Waals surface area contributed by atoms with Crippen LogP contribution >= 0.6 is 0 Å². The number of pyridine rings is 1. The van der Waals surface area contributed by atoms with Crippen LogP contribution in [0.1, 0.15) is 19.5 Å². The van der Waals surface area contributed by atoms with Crippen molar-refractivity contribution in [2.75, 3.05) is 25.2 Å². The van der Waals surface area contributed by atoms with Gasteiger partial charge in [-0.3, -0.25) is 4.98 Å². The van der Waals surface area contributed by atoms with Crippen LogP contribution in [0, 0.1) is 0 Å². The van der Waals surface area contributed by atoms with E-state index in [1.54, 1.807) is 7.11 Å². The van der Waals surface area contributed by atoms with Crippen LogP contribution in [0.15, 0.2) is 30.3 Å². The molecule has 1 heterocycles. The quantitative estimate of drug-likeness (QED) is 0.879. The first-order chi connectivity index (χ1) is 9.67. The number of rotatable bonds is 6. The fourth-order valence-electron chi connectivity index (χ4n) is 2.40. The Kier molecular flexibility index (Phi) is 4.93. The Hall–Kier alpha value is -1.65. The smallest absolute Gasteiger partial charge is 0.0726 e. The molecule has 0 aliphatic heterocycles. The first-order valence-corrected chi connectivity index (χ1v) is 7.01. The zero-order valence-electron chi connectivity index (χ0n) is 12.5. The van der Waals surface area contributed by atoms with E-state index in [9.17, 15) is 0 Å². The topological polar surface area (TPSA) is 51.4 Å². The molecule has 0 fully saturated rings. The molecule has 20 heavy (non-hydrogen) atoms. The highest BCUT2D eigenvalue weighted by Crippen LogP contribution is 2.28. The highest BCUT2D eigenvalue weighted by atomic mass is 16.5. The zero-order valence-corrected chi connectivity index (χ0v) is 12.5. The zero-order chi connectivity index (χ0) is 14.5. The SMILES string of the molecule is COCCN(c1cc(CN)nc2ccccc12)C(C)C.